The average molecular weight is 383 g/mol. The summed E-state index contributed by atoms with van der Waals surface area (Å²) in [6.45, 7) is 2.06. The molecular weight excluding hydrogens is 362 g/mol. The summed E-state index contributed by atoms with van der Waals surface area (Å²) in [7, 11) is 1.51. The number of nitrogens with one attached hydrogen (secondary N) is 2. The van der Waals surface area contributed by atoms with E-state index in [2.05, 4.69) is 10.6 Å². The molecule has 2 aromatic carbocycles. The number of anilines is 2. The van der Waals surface area contributed by atoms with E-state index < -0.39 is 12.2 Å². The first-order chi connectivity index (χ1) is 13.5. The standard InChI is InChI=1S/C20H21N3O5/c1-14(28-18-8-6-15(13-21)7-9-18)19(24)22-16-4-3-5-17(12-16)23-20(25)27-11-10-26-2/h3-9,12,14H,10-11H2,1-2H3,(H,22,24)(H,23,25). The summed E-state index contributed by atoms with van der Waals surface area (Å²) in [5.74, 6) is 0.125. The monoisotopic (exact) mass is 383 g/mol. The minimum absolute atomic E-state index is 0.142. The number of hydrogen-bond acceptors (Lipinski definition) is 6. The summed E-state index contributed by atoms with van der Waals surface area (Å²) < 4.78 is 15.3. The van der Waals surface area contributed by atoms with Crippen molar-refractivity contribution in [2.45, 2.75) is 13.0 Å². The van der Waals surface area contributed by atoms with Gasteiger partial charge in [0.15, 0.2) is 6.10 Å². The van der Waals surface area contributed by atoms with Crippen molar-refractivity contribution in [1.82, 2.24) is 0 Å². The lowest BCUT2D eigenvalue weighted by atomic mass is 10.2. The predicted octanol–water partition coefficient (Wildman–Crippen LogP) is 3.16. The molecule has 0 aromatic heterocycles. The summed E-state index contributed by atoms with van der Waals surface area (Å²) in [5, 5.41) is 14.1. The van der Waals surface area contributed by atoms with Gasteiger partial charge in [0.05, 0.1) is 18.2 Å². The van der Waals surface area contributed by atoms with Crippen molar-refractivity contribution >= 4 is 23.4 Å². The molecule has 0 aliphatic rings. The van der Waals surface area contributed by atoms with Gasteiger partial charge in [0.1, 0.15) is 12.4 Å². The quantitative estimate of drug-likeness (QED) is 0.678. The van der Waals surface area contributed by atoms with Gasteiger partial charge >= 0.3 is 6.09 Å². The third-order valence-corrected chi connectivity index (χ3v) is 3.56. The summed E-state index contributed by atoms with van der Waals surface area (Å²) in [5.41, 5.74) is 1.48. The minimum Gasteiger partial charge on any atom is -0.481 e. The maximum Gasteiger partial charge on any atom is 0.411 e. The number of carbonyl (C=O) groups excluding carboxylic acids is 2. The second-order valence-electron chi connectivity index (χ2n) is 5.72. The lowest BCUT2D eigenvalue weighted by Gasteiger charge is -2.15. The van der Waals surface area contributed by atoms with Gasteiger partial charge in [-0.15, -0.1) is 0 Å². The predicted molar refractivity (Wildman–Crippen MR) is 103 cm³/mol. The zero-order chi connectivity index (χ0) is 20.4. The van der Waals surface area contributed by atoms with E-state index in [-0.39, 0.29) is 12.5 Å². The lowest BCUT2D eigenvalue weighted by Crippen LogP contribution is -2.30. The highest BCUT2D eigenvalue weighted by molar-refractivity contribution is 5.95. The number of amides is 2. The topological polar surface area (TPSA) is 110 Å². The van der Waals surface area contributed by atoms with Crippen LogP contribution in [0.2, 0.25) is 0 Å². The molecular formula is C20H21N3O5. The summed E-state index contributed by atoms with van der Waals surface area (Å²) >= 11 is 0. The smallest absolute Gasteiger partial charge is 0.411 e. The molecule has 0 heterocycles. The van der Waals surface area contributed by atoms with Crippen LogP contribution < -0.4 is 15.4 Å². The fraction of sp³-hybridized carbons (Fsp3) is 0.250. The van der Waals surface area contributed by atoms with Crippen molar-refractivity contribution in [3.8, 4) is 11.8 Å². The van der Waals surface area contributed by atoms with Gasteiger partial charge in [-0.1, -0.05) is 6.07 Å². The van der Waals surface area contributed by atoms with Crippen LogP contribution in [0.3, 0.4) is 0 Å². The number of carbonyl (C=O) groups is 2. The maximum atomic E-state index is 12.3. The molecule has 0 fully saturated rings. The number of nitriles is 1. The fourth-order valence-corrected chi connectivity index (χ4v) is 2.16. The molecule has 0 saturated heterocycles. The first-order valence-electron chi connectivity index (χ1n) is 8.52. The first-order valence-corrected chi connectivity index (χ1v) is 8.52. The Morgan fingerprint density at radius 3 is 2.39 bits per heavy atom. The highest BCUT2D eigenvalue weighted by atomic mass is 16.6. The van der Waals surface area contributed by atoms with Crippen LogP contribution in [0, 0.1) is 11.3 Å². The van der Waals surface area contributed by atoms with E-state index >= 15 is 0 Å². The van der Waals surface area contributed by atoms with E-state index in [1.807, 2.05) is 6.07 Å². The van der Waals surface area contributed by atoms with E-state index in [1.165, 1.54) is 7.11 Å². The number of ether oxygens (including phenoxy) is 3. The fourth-order valence-electron chi connectivity index (χ4n) is 2.16. The van der Waals surface area contributed by atoms with Crippen LogP contribution in [-0.4, -0.2) is 38.4 Å². The molecule has 0 spiro atoms. The van der Waals surface area contributed by atoms with Crippen LogP contribution in [0.25, 0.3) is 0 Å². The van der Waals surface area contributed by atoms with Crippen molar-refractivity contribution in [1.29, 1.82) is 5.26 Å². The van der Waals surface area contributed by atoms with Crippen molar-refractivity contribution in [3.63, 3.8) is 0 Å². The Labute approximate surface area is 163 Å². The zero-order valence-corrected chi connectivity index (χ0v) is 15.6. The Morgan fingerprint density at radius 2 is 1.75 bits per heavy atom. The average Bonchev–Trinajstić information content (AvgIpc) is 2.69. The van der Waals surface area contributed by atoms with Crippen LogP contribution in [0.5, 0.6) is 5.75 Å². The molecule has 0 bridgehead atoms. The Morgan fingerprint density at radius 1 is 1.07 bits per heavy atom. The normalized spacial score (nSPS) is 11.0. The third-order valence-electron chi connectivity index (χ3n) is 3.56. The molecule has 1 atom stereocenters. The molecule has 0 aliphatic heterocycles. The van der Waals surface area contributed by atoms with E-state index in [4.69, 9.17) is 19.5 Å². The molecule has 2 amide bonds. The molecule has 8 nitrogen and oxygen atoms in total. The van der Waals surface area contributed by atoms with Crippen LogP contribution in [0.1, 0.15) is 12.5 Å². The Bertz CT molecular complexity index is 846. The Hall–Kier alpha value is -3.57. The second-order valence-corrected chi connectivity index (χ2v) is 5.72. The first kappa shape index (κ1) is 20.7. The molecule has 146 valence electrons. The molecule has 2 rings (SSSR count). The van der Waals surface area contributed by atoms with Crippen LogP contribution in [0.4, 0.5) is 16.2 Å². The van der Waals surface area contributed by atoms with E-state index in [1.54, 1.807) is 55.5 Å². The Kier molecular flexibility index (Phi) is 7.81. The third kappa shape index (κ3) is 6.63. The van der Waals surface area contributed by atoms with Crippen LogP contribution >= 0.6 is 0 Å². The maximum absolute atomic E-state index is 12.3. The molecule has 8 heteroatoms. The zero-order valence-electron chi connectivity index (χ0n) is 15.6. The van der Waals surface area contributed by atoms with E-state index in [9.17, 15) is 9.59 Å². The van der Waals surface area contributed by atoms with Gasteiger partial charge in [-0.2, -0.15) is 5.26 Å². The van der Waals surface area contributed by atoms with Gasteiger partial charge in [0.25, 0.3) is 5.91 Å². The molecule has 0 radical (unpaired) electrons. The van der Waals surface area contributed by atoms with Crippen molar-refractivity contribution in [2.75, 3.05) is 31.0 Å². The van der Waals surface area contributed by atoms with Gasteiger partial charge in [0, 0.05) is 18.5 Å². The van der Waals surface area contributed by atoms with Crippen molar-refractivity contribution in [3.05, 3.63) is 54.1 Å². The van der Waals surface area contributed by atoms with Gasteiger partial charge in [-0.25, -0.2) is 4.79 Å². The van der Waals surface area contributed by atoms with Crippen LogP contribution in [0.15, 0.2) is 48.5 Å². The lowest BCUT2D eigenvalue weighted by molar-refractivity contribution is -0.122. The van der Waals surface area contributed by atoms with Gasteiger partial charge in [-0.3, -0.25) is 10.1 Å². The molecule has 0 saturated carbocycles. The van der Waals surface area contributed by atoms with Gasteiger partial charge < -0.3 is 19.5 Å². The SMILES string of the molecule is COCCOC(=O)Nc1cccc(NC(=O)C(C)Oc2ccc(C#N)cc2)c1. The number of benzene rings is 2. The molecule has 1 unspecified atom stereocenters. The molecule has 0 aliphatic carbocycles. The minimum atomic E-state index is -0.761. The van der Waals surface area contributed by atoms with E-state index in [0.29, 0.717) is 29.3 Å². The highest BCUT2D eigenvalue weighted by Crippen LogP contribution is 2.17. The Balaban J connectivity index is 1.90. The number of rotatable bonds is 8. The summed E-state index contributed by atoms with van der Waals surface area (Å²) in [4.78, 5) is 24.0. The molecule has 2 aromatic rings. The molecule has 2 N–H and O–H groups in total. The second kappa shape index (κ2) is 10.5. The molecule has 28 heavy (non-hydrogen) atoms. The number of nitrogens with zero attached hydrogens (tertiary/aromatic N) is 1. The number of hydrogen-bond donors (Lipinski definition) is 2. The largest absolute Gasteiger partial charge is 0.481 e. The van der Waals surface area contributed by atoms with Crippen molar-refractivity contribution in [2.24, 2.45) is 0 Å². The van der Waals surface area contributed by atoms with Crippen LogP contribution in [-0.2, 0) is 14.3 Å². The van der Waals surface area contributed by atoms with E-state index in [0.717, 1.165) is 0 Å². The number of methoxy groups -OCH3 is 1. The summed E-state index contributed by atoms with van der Waals surface area (Å²) in [6, 6.07) is 15.1. The van der Waals surface area contributed by atoms with Crippen molar-refractivity contribution < 1.29 is 23.8 Å². The summed E-state index contributed by atoms with van der Waals surface area (Å²) in [6.07, 6.45) is -1.37. The highest BCUT2D eigenvalue weighted by Gasteiger charge is 2.15. The van der Waals surface area contributed by atoms with Gasteiger partial charge in [0.2, 0.25) is 0 Å². The van der Waals surface area contributed by atoms with Gasteiger partial charge in [-0.05, 0) is 49.4 Å².